The van der Waals surface area contributed by atoms with Crippen LogP contribution in [0.3, 0.4) is 0 Å². The monoisotopic (exact) mass is 457 g/mol. The number of oxime groups is 1. The number of imidazole rings is 1. The molecule has 0 saturated heterocycles. The zero-order chi connectivity index (χ0) is 23.2. The first-order valence-electron chi connectivity index (χ1n) is 11.4. The summed E-state index contributed by atoms with van der Waals surface area (Å²) >= 11 is 0. The molecule has 0 atom stereocenters. The fourth-order valence-corrected chi connectivity index (χ4v) is 5.04. The Morgan fingerprint density at radius 1 is 1.09 bits per heavy atom. The Bertz CT molecular complexity index is 1250. The highest BCUT2D eigenvalue weighted by Crippen LogP contribution is 2.40. The maximum atomic E-state index is 14.2. The number of hydrogen-bond acceptors (Lipinski definition) is 4. The minimum Gasteiger partial charge on any atom is -0.396 e. The molecule has 5 rings (SSSR count). The molecule has 1 spiro atoms. The van der Waals surface area contributed by atoms with E-state index >= 15 is 0 Å². The van der Waals surface area contributed by atoms with E-state index in [1.165, 1.54) is 13.3 Å². The Morgan fingerprint density at radius 3 is 2.64 bits per heavy atom. The minimum atomic E-state index is -1.47. The van der Waals surface area contributed by atoms with Crippen LogP contribution in [0.15, 0.2) is 23.4 Å². The number of aromatic amines is 1. The van der Waals surface area contributed by atoms with E-state index in [2.05, 4.69) is 10.1 Å². The van der Waals surface area contributed by atoms with Gasteiger partial charge in [-0.05, 0) is 85.9 Å². The zero-order valence-electron chi connectivity index (χ0n) is 18.5. The van der Waals surface area contributed by atoms with Crippen molar-refractivity contribution in [3.8, 4) is 11.1 Å². The van der Waals surface area contributed by atoms with Crippen molar-refractivity contribution in [1.82, 2.24) is 9.97 Å². The quantitative estimate of drug-likeness (QED) is 0.482. The number of H-pyrrole nitrogens is 1. The van der Waals surface area contributed by atoms with Gasteiger partial charge in [0.1, 0.15) is 11.3 Å². The van der Waals surface area contributed by atoms with Gasteiger partial charge >= 0.3 is 0 Å². The molecule has 2 aromatic carbocycles. The van der Waals surface area contributed by atoms with Crippen LogP contribution in [-0.2, 0) is 11.3 Å². The molecule has 5 nitrogen and oxygen atoms in total. The van der Waals surface area contributed by atoms with Gasteiger partial charge in [-0.25, -0.2) is 18.2 Å². The molecule has 33 heavy (non-hydrogen) atoms. The third kappa shape index (κ3) is 3.90. The minimum absolute atomic E-state index is 0.00486. The summed E-state index contributed by atoms with van der Waals surface area (Å²) in [6.45, 7) is 1.43. The molecule has 174 valence electrons. The molecule has 0 unspecified atom stereocenters. The van der Waals surface area contributed by atoms with E-state index in [1.54, 1.807) is 12.1 Å². The summed E-state index contributed by atoms with van der Waals surface area (Å²) in [6, 6.07) is 4.58. The first-order valence-corrected chi connectivity index (χ1v) is 11.4. The number of aliphatic hydroxyl groups excluding tert-OH is 1. The Kier molecular flexibility index (Phi) is 5.64. The van der Waals surface area contributed by atoms with E-state index in [9.17, 15) is 18.3 Å². The number of benzene rings is 2. The highest BCUT2D eigenvalue weighted by Gasteiger charge is 2.41. The van der Waals surface area contributed by atoms with Crippen LogP contribution in [0.2, 0.25) is 0 Å². The number of aryl methyl sites for hydroxylation is 1. The number of nitrogens with zero attached hydrogens (tertiary/aromatic N) is 2. The van der Waals surface area contributed by atoms with E-state index in [4.69, 9.17) is 9.82 Å². The predicted molar refractivity (Wildman–Crippen MR) is 120 cm³/mol. The lowest BCUT2D eigenvalue weighted by Gasteiger charge is -2.30. The van der Waals surface area contributed by atoms with Crippen molar-refractivity contribution in [3.63, 3.8) is 0 Å². The van der Waals surface area contributed by atoms with Crippen molar-refractivity contribution >= 4 is 16.7 Å². The Labute approximate surface area is 189 Å². The van der Waals surface area contributed by atoms with Gasteiger partial charge in [0.25, 0.3) is 0 Å². The fourth-order valence-electron chi connectivity index (χ4n) is 5.04. The molecule has 8 heteroatoms. The first-order chi connectivity index (χ1) is 15.9. The molecule has 1 aliphatic heterocycles. The average Bonchev–Trinajstić information content (AvgIpc) is 3.43. The zero-order valence-corrected chi connectivity index (χ0v) is 18.5. The molecular formula is C25H26F3N3O2. The number of nitrogens with one attached hydrogen (secondary N) is 1. The summed E-state index contributed by atoms with van der Waals surface area (Å²) in [6.07, 6.45) is 7.16. The van der Waals surface area contributed by atoms with Gasteiger partial charge in [-0.2, -0.15) is 0 Å². The molecule has 1 fully saturated rings. The predicted octanol–water partition coefficient (Wildman–Crippen LogP) is 5.71. The summed E-state index contributed by atoms with van der Waals surface area (Å²) in [5.41, 5.74) is 3.62. The SMILES string of the molecule is Cc1c(-c2cc(CCCO)c3nc(C4=NOC5(CCCCC5)C4)[nH]c3c2)cc(F)c(F)c1F. The van der Waals surface area contributed by atoms with Crippen molar-refractivity contribution in [2.24, 2.45) is 5.16 Å². The Hall–Kier alpha value is -2.87. The maximum absolute atomic E-state index is 14.2. The lowest BCUT2D eigenvalue weighted by atomic mass is 9.81. The lowest BCUT2D eigenvalue weighted by Crippen LogP contribution is -2.31. The number of rotatable bonds is 5. The van der Waals surface area contributed by atoms with E-state index < -0.39 is 17.5 Å². The average molecular weight is 457 g/mol. The van der Waals surface area contributed by atoms with E-state index in [0.717, 1.165) is 48.5 Å². The molecule has 1 saturated carbocycles. The van der Waals surface area contributed by atoms with Crippen LogP contribution < -0.4 is 0 Å². The molecular weight excluding hydrogens is 431 g/mol. The van der Waals surface area contributed by atoms with Crippen molar-refractivity contribution in [2.75, 3.05) is 6.61 Å². The topological polar surface area (TPSA) is 70.5 Å². The molecule has 2 N–H and O–H groups in total. The molecule has 0 radical (unpaired) electrons. The highest BCUT2D eigenvalue weighted by molar-refractivity contribution is 6.01. The second-order valence-electron chi connectivity index (χ2n) is 9.15. The van der Waals surface area contributed by atoms with Crippen molar-refractivity contribution in [3.05, 3.63) is 52.6 Å². The van der Waals surface area contributed by atoms with Gasteiger partial charge < -0.3 is 14.9 Å². The molecule has 2 heterocycles. The van der Waals surface area contributed by atoms with Gasteiger partial charge in [-0.1, -0.05) is 11.6 Å². The third-order valence-corrected chi connectivity index (χ3v) is 6.86. The van der Waals surface area contributed by atoms with Crippen LogP contribution in [0, 0.1) is 24.4 Å². The Balaban J connectivity index is 1.57. The largest absolute Gasteiger partial charge is 0.396 e. The molecule has 1 aromatic heterocycles. The van der Waals surface area contributed by atoms with Crippen molar-refractivity contribution in [2.45, 2.75) is 63.9 Å². The smallest absolute Gasteiger partial charge is 0.194 e. The molecule has 1 aliphatic carbocycles. The standard InChI is InChI=1S/C25H26F3N3O2/c1-14-17(12-18(26)22(28)21(14)27)16-10-15(6-5-9-32)23-19(11-16)29-24(30-23)20-13-25(33-31-20)7-3-2-4-8-25/h10-12,32H,2-9,13H2,1H3,(H,29,30). The van der Waals surface area contributed by atoms with Gasteiger partial charge in [-0.3, -0.25) is 0 Å². The highest BCUT2D eigenvalue weighted by atomic mass is 19.2. The second kappa shape index (κ2) is 8.48. The van der Waals surface area contributed by atoms with Crippen LogP contribution in [0.1, 0.15) is 61.9 Å². The maximum Gasteiger partial charge on any atom is 0.194 e. The van der Waals surface area contributed by atoms with Crippen LogP contribution >= 0.6 is 0 Å². The van der Waals surface area contributed by atoms with Crippen LogP contribution in [-0.4, -0.2) is 33.0 Å². The fraction of sp³-hybridized carbons (Fsp3) is 0.440. The summed E-state index contributed by atoms with van der Waals surface area (Å²) in [5.74, 6) is -3.28. The summed E-state index contributed by atoms with van der Waals surface area (Å²) in [4.78, 5) is 13.9. The number of aromatic nitrogens is 2. The van der Waals surface area contributed by atoms with E-state index in [1.807, 2.05) is 0 Å². The normalized spacial score (nSPS) is 17.5. The number of fused-ring (bicyclic) bond motifs is 1. The molecule has 2 aliphatic rings. The summed E-state index contributed by atoms with van der Waals surface area (Å²) in [7, 11) is 0. The van der Waals surface area contributed by atoms with Crippen LogP contribution in [0.5, 0.6) is 0 Å². The lowest BCUT2D eigenvalue weighted by molar-refractivity contribution is -0.0449. The van der Waals surface area contributed by atoms with E-state index in [-0.39, 0.29) is 23.3 Å². The van der Waals surface area contributed by atoms with Gasteiger partial charge in [0.15, 0.2) is 23.3 Å². The molecule has 3 aromatic rings. The van der Waals surface area contributed by atoms with Crippen LogP contribution in [0.4, 0.5) is 13.2 Å². The second-order valence-corrected chi connectivity index (χ2v) is 9.15. The number of hydrogen-bond donors (Lipinski definition) is 2. The van der Waals surface area contributed by atoms with Gasteiger partial charge in [0.2, 0.25) is 0 Å². The van der Waals surface area contributed by atoms with Gasteiger partial charge in [0, 0.05) is 13.0 Å². The third-order valence-electron chi connectivity index (χ3n) is 6.86. The molecule has 0 amide bonds. The summed E-state index contributed by atoms with van der Waals surface area (Å²) in [5, 5.41) is 13.7. The van der Waals surface area contributed by atoms with Gasteiger partial charge in [0.05, 0.1) is 11.0 Å². The first kappa shape index (κ1) is 21.9. The van der Waals surface area contributed by atoms with Crippen molar-refractivity contribution < 1.29 is 23.1 Å². The van der Waals surface area contributed by atoms with Gasteiger partial charge in [-0.15, -0.1) is 0 Å². The number of aliphatic hydroxyl groups is 1. The van der Waals surface area contributed by atoms with Crippen LogP contribution in [0.25, 0.3) is 22.2 Å². The summed E-state index contributed by atoms with van der Waals surface area (Å²) < 4.78 is 41.9. The molecule has 0 bridgehead atoms. The Morgan fingerprint density at radius 2 is 1.88 bits per heavy atom. The number of halogens is 3. The van der Waals surface area contributed by atoms with Crippen molar-refractivity contribution in [1.29, 1.82) is 0 Å². The van der Waals surface area contributed by atoms with E-state index in [0.29, 0.717) is 36.2 Å².